The van der Waals surface area contributed by atoms with Gasteiger partial charge in [0.05, 0.1) is 23.6 Å². The number of carbonyl (C=O) groups excluding carboxylic acids is 2. The highest BCUT2D eigenvalue weighted by Gasteiger charge is 2.38. The first-order chi connectivity index (χ1) is 21.6. The van der Waals surface area contributed by atoms with Gasteiger partial charge >= 0.3 is 0 Å². The van der Waals surface area contributed by atoms with Gasteiger partial charge in [-0.1, -0.05) is 43.7 Å². The number of fused-ring (bicyclic) bond motifs is 3. The van der Waals surface area contributed by atoms with E-state index in [9.17, 15) is 13.8 Å². The Morgan fingerprint density at radius 3 is 2.71 bits per heavy atom. The molecule has 10 heteroatoms. The van der Waals surface area contributed by atoms with E-state index < -0.39 is 27.0 Å². The fraction of sp³-hybridized carbons (Fsp3) is 0.543. The molecule has 2 bridgehead atoms. The first-order valence-electron chi connectivity index (χ1n) is 16.2. The molecule has 2 amide bonds. The van der Waals surface area contributed by atoms with Crippen molar-refractivity contribution in [3.8, 4) is 5.75 Å². The summed E-state index contributed by atoms with van der Waals surface area (Å²) in [5.41, 5.74) is 3.51. The first-order valence-corrected chi connectivity index (χ1v) is 18.2. The van der Waals surface area contributed by atoms with Crippen LogP contribution in [-0.2, 0) is 32.4 Å². The highest BCUT2D eigenvalue weighted by molar-refractivity contribution is 7.93. The third kappa shape index (κ3) is 7.75. The summed E-state index contributed by atoms with van der Waals surface area (Å²) in [5.74, 6) is 0.275. The van der Waals surface area contributed by atoms with Gasteiger partial charge < -0.3 is 14.4 Å². The molecule has 2 heterocycles. The van der Waals surface area contributed by atoms with Crippen molar-refractivity contribution in [1.82, 2.24) is 4.72 Å². The number of rotatable bonds is 3. The number of methoxy groups -OCH3 is 1. The van der Waals surface area contributed by atoms with Crippen LogP contribution in [0, 0.1) is 17.8 Å². The Bertz CT molecular complexity index is 1550. The van der Waals surface area contributed by atoms with Crippen molar-refractivity contribution in [3.63, 3.8) is 0 Å². The predicted octanol–water partition coefficient (Wildman–Crippen LogP) is 7.14. The predicted molar refractivity (Wildman–Crippen MR) is 180 cm³/mol. The number of nitrogens with zero attached hydrogens (tertiary/aromatic N) is 2. The quantitative estimate of drug-likeness (QED) is 0.353. The van der Waals surface area contributed by atoms with Crippen LogP contribution in [0.25, 0.3) is 0 Å². The standard InChI is InChI=1S/C35H46ClN3O5S/c1-5-34(40)37-45(42)24(3)23(2)9-8-11-32(43-4)30-16-13-28(30)22-39-21-27-12-15-29(36)19-25(27)10-6-7-18-44-33-17-14-26(20-31(33)39)35(41)38-45/h8,11-12,14-15,17,19-20,23-24,28,30,32H,5-7,9-10,13,16,18,21-22H2,1-4H3,(H,37,38,40,41,42)/b11-8+/t23-,24+,28-,30+,32-,45?/m0/s1. The molecule has 2 aromatic rings. The van der Waals surface area contributed by atoms with Gasteiger partial charge in [0.15, 0.2) is 0 Å². The van der Waals surface area contributed by atoms with Crippen LogP contribution in [0.1, 0.15) is 80.8 Å². The minimum atomic E-state index is -3.44. The number of benzene rings is 2. The summed E-state index contributed by atoms with van der Waals surface area (Å²) < 4.78 is 33.6. The first kappa shape index (κ1) is 33.5. The Labute approximate surface area is 273 Å². The molecular formula is C35H46ClN3O5S. The van der Waals surface area contributed by atoms with Crippen molar-refractivity contribution in [2.45, 2.75) is 83.6 Å². The highest BCUT2D eigenvalue weighted by atomic mass is 35.5. The Morgan fingerprint density at radius 1 is 1.16 bits per heavy atom. The van der Waals surface area contributed by atoms with Crippen LogP contribution in [0.2, 0.25) is 5.02 Å². The Kier molecular flexibility index (Phi) is 10.9. The number of amides is 2. The maximum absolute atomic E-state index is 14.3. The van der Waals surface area contributed by atoms with Gasteiger partial charge in [0, 0.05) is 37.2 Å². The summed E-state index contributed by atoms with van der Waals surface area (Å²) in [6, 6.07) is 11.4. The molecule has 2 aromatic carbocycles. The highest BCUT2D eigenvalue weighted by Crippen LogP contribution is 2.42. The molecular weight excluding hydrogens is 610 g/mol. The average Bonchev–Trinajstić information content (AvgIpc) is 3.04. The second kappa shape index (κ2) is 14.7. The Morgan fingerprint density at radius 2 is 1.98 bits per heavy atom. The molecule has 8 nitrogen and oxygen atoms in total. The molecule has 244 valence electrons. The van der Waals surface area contributed by atoms with Gasteiger partial charge in [0.2, 0.25) is 5.91 Å². The zero-order valence-corrected chi connectivity index (χ0v) is 28.4. The number of halogens is 1. The van der Waals surface area contributed by atoms with Gasteiger partial charge in [0.1, 0.15) is 15.7 Å². The minimum Gasteiger partial charge on any atom is -0.491 e. The Hall–Kier alpha value is -2.88. The topological polar surface area (TPSA) is 97.3 Å². The van der Waals surface area contributed by atoms with Gasteiger partial charge in [-0.2, -0.15) is 0 Å². The zero-order chi connectivity index (χ0) is 32.1. The van der Waals surface area contributed by atoms with Crippen molar-refractivity contribution in [1.29, 1.82) is 0 Å². The van der Waals surface area contributed by atoms with Gasteiger partial charge in [-0.15, -0.1) is 4.36 Å². The number of ether oxygens (including phenoxy) is 2. The number of anilines is 1. The molecule has 6 atom stereocenters. The fourth-order valence-corrected chi connectivity index (χ4v) is 8.69. The lowest BCUT2D eigenvalue weighted by Crippen LogP contribution is -2.43. The second-order valence-electron chi connectivity index (χ2n) is 12.7. The average molecular weight is 656 g/mol. The molecule has 0 saturated heterocycles. The number of aryl methyl sites for hydroxylation is 1. The van der Waals surface area contributed by atoms with Crippen LogP contribution >= 0.6 is 11.6 Å². The van der Waals surface area contributed by atoms with E-state index in [4.69, 9.17) is 21.1 Å². The Balaban J connectivity index is 1.66. The zero-order valence-electron chi connectivity index (χ0n) is 26.8. The van der Waals surface area contributed by atoms with Crippen molar-refractivity contribution in [3.05, 3.63) is 70.3 Å². The number of allylic oxidation sites excluding steroid dienone is 1. The summed E-state index contributed by atoms with van der Waals surface area (Å²) in [7, 11) is -1.68. The summed E-state index contributed by atoms with van der Waals surface area (Å²) in [5, 5.41) is 0.148. The van der Waals surface area contributed by atoms with Crippen molar-refractivity contribution in [2.75, 3.05) is 25.2 Å². The van der Waals surface area contributed by atoms with Gasteiger partial charge in [-0.3, -0.25) is 14.3 Å². The smallest absolute Gasteiger partial charge is 0.286 e. The monoisotopic (exact) mass is 655 g/mol. The van der Waals surface area contributed by atoms with Crippen molar-refractivity contribution >= 4 is 39.0 Å². The fourth-order valence-electron chi connectivity index (χ4n) is 6.53. The summed E-state index contributed by atoms with van der Waals surface area (Å²) in [4.78, 5) is 28.6. The third-order valence-corrected chi connectivity index (χ3v) is 12.4. The van der Waals surface area contributed by atoms with E-state index in [1.165, 1.54) is 11.1 Å². The van der Waals surface area contributed by atoms with E-state index in [1.807, 2.05) is 25.1 Å². The molecule has 1 unspecified atom stereocenters. The largest absolute Gasteiger partial charge is 0.491 e. The van der Waals surface area contributed by atoms with Crippen LogP contribution in [0.15, 0.2) is 52.9 Å². The molecule has 0 spiro atoms. The molecule has 1 N–H and O–H groups in total. The van der Waals surface area contributed by atoms with Crippen LogP contribution in [0.4, 0.5) is 5.69 Å². The lowest BCUT2D eigenvalue weighted by molar-refractivity contribution is -0.119. The molecule has 3 aliphatic rings. The van der Waals surface area contributed by atoms with Crippen molar-refractivity contribution < 1.29 is 23.3 Å². The molecule has 1 fully saturated rings. The second-order valence-corrected chi connectivity index (χ2v) is 15.4. The number of hydrogen-bond donors (Lipinski definition) is 1. The number of carbonyl (C=O) groups is 2. The summed E-state index contributed by atoms with van der Waals surface area (Å²) >= 11 is 6.44. The van der Waals surface area contributed by atoms with Gasteiger partial charge in [0.25, 0.3) is 5.91 Å². The third-order valence-electron chi connectivity index (χ3n) is 9.74. The van der Waals surface area contributed by atoms with Crippen LogP contribution in [-0.4, -0.2) is 47.6 Å². The maximum Gasteiger partial charge on any atom is 0.286 e. The van der Waals surface area contributed by atoms with Crippen LogP contribution in [0.5, 0.6) is 5.75 Å². The van der Waals surface area contributed by atoms with E-state index in [1.54, 1.807) is 27.0 Å². The summed E-state index contributed by atoms with van der Waals surface area (Å²) in [6.07, 6.45) is 9.82. The molecule has 45 heavy (non-hydrogen) atoms. The van der Waals surface area contributed by atoms with E-state index in [0.717, 1.165) is 49.4 Å². The molecule has 5 rings (SSSR count). The number of hydrogen-bond acceptors (Lipinski definition) is 6. The van der Waals surface area contributed by atoms with E-state index in [0.29, 0.717) is 42.7 Å². The van der Waals surface area contributed by atoms with Crippen LogP contribution in [0.3, 0.4) is 0 Å². The molecule has 1 aliphatic carbocycles. The molecule has 2 aliphatic heterocycles. The van der Waals surface area contributed by atoms with E-state index in [2.05, 4.69) is 38.3 Å². The maximum atomic E-state index is 14.3. The van der Waals surface area contributed by atoms with Gasteiger partial charge in [-0.05, 0) is 105 Å². The number of nitrogens with one attached hydrogen (secondary N) is 1. The van der Waals surface area contributed by atoms with E-state index >= 15 is 0 Å². The molecule has 0 radical (unpaired) electrons. The van der Waals surface area contributed by atoms with Gasteiger partial charge in [-0.25, -0.2) is 4.21 Å². The van der Waals surface area contributed by atoms with Crippen molar-refractivity contribution in [2.24, 2.45) is 22.1 Å². The molecule has 0 aromatic heterocycles. The lowest BCUT2D eigenvalue weighted by Gasteiger charge is -2.43. The van der Waals surface area contributed by atoms with E-state index in [-0.39, 0.29) is 18.4 Å². The normalized spacial score (nSPS) is 29.8. The summed E-state index contributed by atoms with van der Waals surface area (Å²) in [6.45, 7) is 7.37. The van der Waals surface area contributed by atoms with Crippen LogP contribution < -0.4 is 14.4 Å². The minimum absolute atomic E-state index is 0.0494. The SMILES string of the molecule is CCC(=O)NS1(=O)=NC(=O)c2ccc3c(c2)N(Cc2ccc(Cl)cc2CCCCO3)C[C@@H]2CC[C@H]2[C@@H](OC)/C=C/C[C@H](C)[C@H]1C. The molecule has 1 saturated carbocycles. The lowest BCUT2D eigenvalue weighted by atomic mass is 9.70.